The molecule has 10 heavy (non-hydrogen) atoms. The lowest BCUT2D eigenvalue weighted by Gasteiger charge is -2.20. The average molecular weight is 206 g/mol. The topological polar surface area (TPSA) is 43.7 Å². The van der Waals surface area contributed by atoms with Crippen molar-refractivity contribution in [2.24, 2.45) is 0 Å². The van der Waals surface area contributed by atoms with Crippen molar-refractivity contribution in [1.82, 2.24) is 4.67 Å². The van der Waals surface area contributed by atoms with Crippen LogP contribution in [-0.4, -0.2) is 32.4 Å². The van der Waals surface area contributed by atoms with Gasteiger partial charge in [-0.05, 0) is 0 Å². The molecule has 2 N–H and O–H groups in total. The van der Waals surface area contributed by atoms with E-state index in [1.54, 1.807) is 6.92 Å². The van der Waals surface area contributed by atoms with E-state index in [-0.39, 0.29) is 6.54 Å². The minimum Gasteiger partial charge on any atom is -0.338 e. The fourth-order valence-electron chi connectivity index (χ4n) is 0.488. The van der Waals surface area contributed by atoms with Crippen LogP contribution in [0.3, 0.4) is 0 Å². The van der Waals surface area contributed by atoms with E-state index in [1.165, 1.54) is 4.67 Å². The number of rotatable bonds is 4. The molecule has 3 nitrogen and oxygen atoms in total. The molecule has 0 atom stereocenters. The molecule has 0 unspecified atom stereocenters. The Labute approximate surface area is 71.5 Å². The summed E-state index contributed by atoms with van der Waals surface area (Å²) in [6.45, 7) is 2.63. The number of hydrogen-bond donors (Lipinski definition) is 2. The van der Waals surface area contributed by atoms with Gasteiger partial charge < -0.3 is 9.79 Å². The van der Waals surface area contributed by atoms with Crippen LogP contribution < -0.4 is 0 Å². The molecule has 0 heterocycles. The highest BCUT2D eigenvalue weighted by Gasteiger charge is 2.14. The maximum atomic E-state index is 8.69. The summed E-state index contributed by atoms with van der Waals surface area (Å²) in [4.78, 5) is 16.8. The molecule has 62 valence electrons. The van der Waals surface area contributed by atoms with Gasteiger partial charge in [-0.2, -0.15) is 0 Å². The monoisotopic (exact) mass is 205 g/mol. The Balaban J connectivity index is 3.60. The SMILES string of the molecule is CCN(CC(Cl)Cl)P(O)O. The molecule has 0 aromatic heterocycles. The van der Waals surface area contributed by atoms with E-state index in [4.69, 9.17) is 33.0 Å². The van der Waals surface area contributed by atoms with E-state index >= 15 is 0 Å². The van der Waals surface area contributed by atoms with Crippen molar-refractivity contribution in [1.29, 1.82) is 0 Å². The lowest BCUT2D eigenvalue weighted by atomic mass is 10.6. The molecule has 0 fully saturated rings. The Bertz CT molecular complexity index is 93.3. The molecular formula is C4H10Cl2NO2P. The summed E-state index contributed by atoms with van der Waals surface area (Å²) in [6, 6.07) is 0. The van der Waals surface area contributed by atoms with Gasteiger partial charge in [-0.1, -0.05) is 6.92 Å². The third kappa shape index (κ3) is 4.67. The van der Waals surface area contributed by atoms with Crippen LogP contribution in [0.2, 0.25) is 0 Å². The number of hydrogen-bond acceptors (Lipinski definition) is 3. The molecule has 6 heteroatoms. The zero-order chi connectivity index (χ0) is 8.15. The number of nitrogens with zero attached hydrogens (tertiary/aromatic N) is 1. The van der Waals surface area contributed by atoms with Crippen LogP contribution in [0.25, 0.3) is 0 Å². The van der Waals surface area contributed by atoms with Gasteiger partial charge in [0.15, 0.2) is 0 Å². The van der Waals surface area contributed by atoms with Crippen molar-refractivity contribution in [3.05, 3.63) is 0 Å². The highest BCUT2D eigenvalue weighted by Crippen LogP contribution is 2.30. The minimum atomic E-state index is -2.03. The number of halogens is 2. The van der Waals surface area contributed by atoms with Gasteiger partial charge in [0.05, 0.1) is 0 Å². The van der Waals surface area contributed by atoms with Crippen molar-refractivity contribution in [3.63, 3.8) is 0 Å². The van der Waals surface area contributed by atoms with E-state index in [0.29, 0.717) is 6.54 Å². The van der Waals surface area contributed by atoms with Crippen LogP contribution in [0, 0.1) is 0 Å². The summed E-state index contributed by atoms with van der Waals surface area (Å²) < 4.78 is 1.40. The Morgan fingerprint density at radius 2 is 2.00 bits per heavy atom. The summed E-state index contributed by atoms with van der Waals surface area (Å²) in [5.74, 6) is 0. The molecular weight excluding hydrogens is 196 g/mol. The van der Waals surface area contributed by atoms with Gasteiger partial charge in [-0.25, -0.2) is 4.67 Å². The highest BCUT2D eigenvalue weighted by atomic mass is 35.5. The van der Waals surface area contributed by atoms with E-state index in [2.05, 4.69) is 0 Å². The molecule has 0 bridgehead atoms. The molecule has 0 aliphatic heterocycles. The van der Waals surface area contributed by atoms with Crippen molar-refractivity contribution in [2.45, 2.75) is 11.8 Å². The van der Waals surface area contributed by atoms with E-state index in [9.17, 15) is 0 Å². The van der Waals surface area contributed by atoms with Crippen LogP contribution in [0.15, 0.2) is 0 Å². The minimum absolute atomic E-state index is 0.290. The Hall–Kier alpha value is 0.890. The van der Waals surface area contributed by atoms with E-state index < -0.39 is 13.4 Å². The molecule has 0 saturated heterocycles. The van der Waals surface area contributed by atoms with Crippen LogP contribution in [0.5, 0.6) is 0 Å². The van der Waals surface area contributed by atoms with Crippen molar-refractivity contribution in [3.8, 4) is 0 Å². The summed E-state index contributed by atoms with van der Waals surface area (Å²) in [6.07, 6.45) is 0. The molecule has 0 saturated carbocycles. The summed E-state index contributed by atoms with van der Waals surface area (Å²) in [5, 5.41) is 0. The highest BCUT2D eigenvalue weighted by molar-refractivity contribution is 7.42. The first-order chi connectivity index (χ1) is 4.57. The molecule has 0 aromatic rings. The smallest absolute Gasteiger partial charge is 0.253 e. The third-order valence-electron chi connectivity index (χ3n) is 0.967. The van der Waals surface area contributed by atoms with Crippen LogP contribution >= 0.6 is 31.7 Å². The summed E-state index contributed by atoms with van der Waals surface area (Å²) in [5.41, 5.74) is 0. The van der Waals surface area contributed by atoms with Gasteiger partial charge in [0.1, 0.15) is 4.84 Å². The van der Waals surface area contributed by atoms with Gasteiger partial charge in [-0.15, -0.1) is 23.2 Å². The molecule has 0 aliphatic carbocycles. The summed E-state index contributed by atoms with van der Waals surface area (Å²) in [7, 11) is -2.03. The second kappa shape index (κ2) is 5.53. The predicted molar refractivity (Wildman–Crippen MR) is 44.1 cm³/mol. The maximum absolute atomic E-state index is 8.69. The first-order valence-corrected chi connectivity index (χ1v) is 4.86. The Kier molecular flexibility index (Phi) is 6.02. The van der Waals surface area contributed by atoms with Gasteiger partial charge in [-0.3, -0.25) is 0 Å². The zero-order valence-electron chi connectivity index (χ0n) is 5.54. The molecule has 0 aliphatic rings. The fourth-order valence-corrected chi connectivity index (χ4v) is 1.58. The van der Waals surface area contributed by atoms with Crippen molar-refractivity contribution < 1.29 is 9.79 Å². The maximum Gasteiger partial charge on any atom is 0.253 e. The number of alkyl halides is 2. The first kappa shape index (κ1) is 10.9. The molecule has 0 amide bonds. The second-order valence-corrected chi connectivity index (χ2v) is 4.04. The first-order valence-electron chi connectivity index (χ1n) is 2.78. The lowest BCUT2D eigenvalue weighted by Crippen LogP contribution is -2.22. The average Bonchev–Trinajstić information content (AvgIpc) is 1.81. The second-order valence-electron chi connectivity index (χ2n) is 1.66. The predicted octanol–water partition coefficient (Wildman–Crippen LogP) is 1.32. The quantitative estimate of drug-likeness (QED) is 0.538. The van der Waals surface area contributed by atoms with Gasteiger partial charge in [0, 0.05) is 13.1 Å². The Morgan fingerprint density at radius 3 is 2.10 bits per heavy atom. The van der Waals surface area contributed by atoms with Crippen molar-refractivity contribution >= 4 is 31.7 Å². The lowest BCUT2D eigenvalue weighted by molar-refractivity contribution is 0.358. The van der Waals surface area contributed by atoms with Gasteiger partial charge in [0.2, 0.25) is 0 Å². The van der Waals surface area contributed by atoms with E-state index in [0.717, 1.165) is 0 Å². The molecule has 0 radical (unpaired) electrons. The zero-order valence-corrected chi connectivity index (χ0v) is 7.94. The van der Waals surface area contributed by atoms with Crippen LogP contribution in [0.4, 0.5) is 0 Å². The van der Waals surface area contributed by atoms with Crippen LogP contribution in [0.1, 0.15) is 6.92 Å². The summed E-state index contributed by atoms with van der Waals surface area (Å²) >= 11 is 10.8. The van der Waals surface area contributed by atoms with Gasteiger partial charge in [0.25, 0.3) is 8.53 Å². The van der Waals surface area contributed by atoms with Crippen LogP contribution in [-0.2, 0) is 0 Å². The van der Waals surface area contributed by atoms with Crippen molar-refractivity contribution in [2.75, 3.05) is 13.1 Å². The Morgan fingerprint density at radius 1 is 1.50 bits per heavy atom. The van der Waals surface area contributed by atoms with E-state index in [1.807, 2.05) is 0 Å². The standard InChI is InChI=1S/C4H10Cl2NO2P/c1-2-7(10(8)9)3-4(5)6/h4,8-9H,2-3H2,1H3. The third-order valence-corrected chi connectivity index (χ3v) is 2.19. The normalized spacial score (nSPS) is 12.0. The van der Waals surface area contributed by atoms with Gasteiger partial charge >= 0.3 is 0 Å². The molecule has 0 rings (SSSR count). The molecule has 0 spiro atoms. The fraction of sp³-hybridized carbons (Fsp3) is 1.00. The largest absolute Gasteiger partial charge is 0.338 e. The molecule has 0 aromatic carbocycles.